The minimum Gasteiger partial charge on any atom is -0.311 e. The monoisotopic (exact) mass is 201 g/mol. The molecular formula is C13H31N. The number of piperidine rings is 1. The lowest BCUT2D eigenvalue weighted by Gasteiger charge is -2.36. The highest BCUT2D eigenvalue weighted by Gasteiger charge is 2.26. The molecule has 1 heterocycles. The van der Waals surface area contributed by atoms with E-state index in [-0.39, 0.29) is 0 Å². The van der Waals surface area contributed by atoms with Gasteiger partial charge < -0.3 is 5.32 Å². The third kappa shape index (κ3) is 5.64. The van der Waals surface area contributed by atoms with Gasteiger partial charge in [-0.1, -0.05) is 48.0 Å². The topological polar surface area (TPSA) is 12.0 Å². The van der Waals surface area contributed by atoms with Crippen molar-refractivity contribution in [2.45, 2.75) is 79.2 Å². The fraction of sp³-hybridized carbons (Fsp3) is 1.00. The second-order valence-electron chi connectivity index (χ2n) is 3.37. The van der Waals surface area contributed by atoms with Crippen LogP contribution in [0, 0.1) is 0 Å². The molecule has 0 unspecified atom stereocenters. The van der Waals surface area contributed by atoms with Crippen LogP contribution in [0.15, 0.2) is 0 Å². The van der Waals surface area contributed by atoms with E-state index in [0.29, 0.717) is 5.54 Å². The summed E-state index contributed by atoms with van der Waals surface area (Å²) in [6.07, 6.45) is 6.78. The Morgan fingerprint density at radius 1 is 0.929 bits per heavy atom. The molecule has 1 fully saturated rings. The average molecular weight is 201 g/mol. The van der Waals surface area contributed by atoms with Gasteiger partial charge in [0.1, 0.15) is 0 Å². The fourth-order valence-electron chi connectivity index (χ4n) is 1.88. The lowest BCUT2D eigenvalue weighted by atomic mass is 9.84. The van der Waals surface area contributed by atoms with Crippen molar-refractivity contribution in [2.24, 2.45) is 0 Å². The Morgan fingerprint density at radius 2 is 1.43 bits per heavy atom. The van der Waals surface area contributed by atoms with Crippen LogP contribution in [0.25, 0.3) is 0 Å². The molecule has 0 amide bonds. The molecule has 0 spiro atoms. The Bertz CT molecular complexity index is 87.4. The van der Waals surface area contributed by atoms with Gasteiger partial charge in [-0.15, -0.1) is 0 Å². The first-order valence-corrected chi connectivity index (χ1v) is 6.58. The second-order valence-corrected chi connectivity index (χ2v) is 3.37. The molecule has 1 N–H and O–H groups in total. The molecule has 14 heavy (non-hydrogen) atoms. The van der Waals surface area contributed by atoms with E-state index < -0.39 is 0 Å². The van der Waals surface area contributed by atoms with Gasteiger partial charge in [0.25, 0.3) is 0 Å². The zero-order valence-electron chi connectivity index (χ0n) is 11.2. The third-order valence-corrected chi connectivity index (χ3v) is 2.94. The molecule has 1 aliphatic heterocycles. The van der Waals surface area contributed by atoms with Crippen LogP contribution in [-0.2, 0) is 0 Å². The summed E-state index contributed by atoms with van der Waals surface area (Å²) in [6, 6.07) is 0. The molecule has 88 valence electrons. The van der Waals surface area contributed by atoms with E-state index in [9.17, 15) is 0 Å². The SMILES string of the molecule is CC.CC.CCC1(CC)CCCCN1. The van der Waals surface area contributed by atoms with Crippen LogP contribution in [-0.4, -0.2) is 12.1 Å². The van der Waals surface area contributed by atoms with E-state index >= 15 is 0 Å². The first-order valence-electron chi connectivity index (χ1n) is 6.58. The van der Waals surface area contributed by atoms with Crippen LogP contribution in [0.5, 0.6) is 0 Å². The van der Waals surface area contributed by atoms with Crippen molar-refractivity contribution >= 4 is 0 Å². The molecule has 0 aliphatic carbocycles. The van der Waals surface area contributed by atoms with Crippen molar-refractivity contribution in [3.05, 3.63) is 0 Å². The first-order chi connectivity index (χ1) is 6.83. The smallest absolute Gasteiger partial charge is 0.0176 e. The van der Waals surface area contributed by atoms with Crippen molar-refractivity contribution < 1.29 is 0 Å². The maximum absolute atomic E-state index is 3.63. The fourth-order valence-corrected chi connectivity index (χ4v) is 1.88. The number of hydrogen-bond donors (Lipinski definition) is 1. The predicted molar refractivity (Wildman–Crippen MR) is 67.9 cm³/mol. The van der Waals surface area contributed by atoms with Crippen molar-refractivity contribution in [3.8, 4) is 0 Å². The van der Waals surface area contributed by atoms with Gasteiger partial charge in [0.15, 0.2) is 0 Å². The highest BCUT2D eigenvalue weighted by Crippen LogP contribution is 2.25. The minimum atomic E-state index is 0.512. The largest absolute Gasteiger partial charge is 0.311 e. The Balaban J connectivity index is 0. The summed E-state index contributed by atoms with van der Waals surface area (Å²) in [7, 11) is 0. The molecule has 1 aliphatic rings. The van der Waals surface area contributed by atoms with Crippen LogP contribution >= 0.6 is 0 Å². The summed E-state index contributed by atoms with van der Waals surface area (Å²) in [5.74, 6) is 0. The molecule has 1 heteroatoms. The summed E-state index contributed by atoms with van der Waals surface area (Å²) in [6.45, 7) is 13.8. The minimum absolute atomic E-state index is 0.512. The molecule has 0 atom stereocenters. The normalized spacial score (nSPS) is 18.4. The highest BCUT2D eigenvalue weighted by atomic mass is 15.0. The van der Waals surface area contributed by atoms with Crippen LogP contribution in [0.3, 0.4) is 0 Å². The molecule has 0 bridgehead atoms. The first kappa shape index (κ1) is 16.4. The molecule has 0 aromatic heterocycles. The van der Waals surface area contributed by atoms with E-state index in [1.165, 1.54) is 38.6 Å². The van der Waals surface area contributed by atoms with E-state index in [1.54, 1.807) is 0 Å². The summed E-state index contributed by atoms with van der Waals surface area (Å²) in [5, 5.41) is 3.63. The average Bonchev–Trinajstić information content (AvgIpc) is 2.35. The molecule has 0 aromatic carbocycles. The van der Waals surface area contributed by atoms with Gasteiger partial charge in [-0.2, -0.15) is 0 Å². The van der Waals surface area contributed by atoms with Crippen molar-refractivity contribution in [2.75, 3.05) is 6.54 Å². The third-order valence-electron chi connectivity index (χ3n) is 2.94. The Kier molecular flexibility index (Phi) is 12.9. The van der Waals surface area contributed by atoms with Crippen molar-refractivity contribution in [1.29, 1.82) is 0 Å². The van der Waals surface area contributed by atoms with Crippen LogP contribution in [0.1, 0.15) is 73.6 Å². The van der Waals surface area contributed by atoms with E-state index in [0.717, 1.165) is 0 Å². The van der Waals surface area contributed by atoms with Gasteiger partial charge in [0, 0.05) is 5.54 Å². The molecule has 1 saturated heterocycles. The van der Waals surface area contributed by atoms with Crippen LogP contribution in [0.4, 0.5) is 0 Å². The second kappa shape index (κ2) is 11.0. The predicted octanol–water partition coefficient (Wildman–Crippen LogP) is 4.37. The van der Waals surface area contributed by atoms with Gasteiger partial charge in [-0.3, -0.25) is 0 Å². The van der Waals surface area contributed by atoms with Gasteiger partial charge in [-0.05, 0) is 32.2 Å². The Morgan fingerprint density at radius 3 is 1.64 bits per heavy atom. The molecule has 0 aromatic rings. The lowest BCUT2D eigenvalue weighted by molar-refractivity contribution is 0.237. The zero-order valence-corrected chi connectivity index (χ0v) is 11.2. The van der Waals surface area contributed by atoms with Gasteiger partial charge >= 0.3 is 0 Å². The van der Waals surface area contributed by atoms with Crippen molar-refractivity contribution in [1.82, 2.24) is 5.32 Å². The molecule has 0 saturated carbocycles. The maximum Gasteiger partial charge on any atom is 0.0176 e. The molecule has 1 rings (SSSR count). The van der Waals surface area contributed by atoms with E-state index in [2.05, 4.69) is 19.2 Å². The lowest BCUT2D eigenvalue weighted by Crippen LogP contribution is -2.47. The summed E-state index contributed by atoms with van der Waals surface area (Å²) < 4.78 is 0. The quantitative estimate of drug-likeness (QED) is 0.699. The Hall–Kier alpha value is -0.0400. The van der Waals surface area contributed by atoms with Crippen LogP contribution < -0.4 is 5.32 Å². The number of nitrogens with one attached hydrogen (secondary N) is 1. The zero-order chi connectivity index (χ0) is 11.4. The van der Waals surface area contributed by atoms with E-state index in [1.807, 2.05) is 27.7 Å². The summed E-state index contributed by atoms with van der Waals surface area (Å²) in [5.41, 5.74) is 0.512. The summed E-state index contributed by atoms with van der Waals surface area (Å²) in [4.78, 5) is 0. The standard InChI is InChI=1S/C9H19N.2C2H6/c1-3-9(4-2)7-5-6-8-10-9;2*1-2/h10H,3-8H2,1-2H3;2*1-2H3. The number of hydrogen-bond acceptors (Lipinski definition) is 1. The van der Waals surface area contributed by atoms with Crippen LogP contribution in [0.2, 0.25) is 0 Å². The summed E-state index contributed by atoms with van der Waals surface area (Å²) >= 11 is 0. The van der Waals surface area contributed by atoms with Gasteiger partial charge in [0.2, 0.25) is 0 Å². The van der Waals surface area contributed by atoms with E-state index in [4.69, 9.17) is 0 Å². The Labute approximate surface area is 91.7 Å². The molecular weight excluding hydrogens is 170 g/mol. The highest BCUT2D eigenvalue weighted by molar-refractivity contribution is 4.87. The number of rotatable bonds is 2. The van der Waals surface area contributed by atoms with Gasteiger partial charge in [-0.25, -0.2) is 0 Å². The van der Waals surface area contributed by atoms with Crippen molar-refractivity contribution in [3.63, 3.8) is 0 Å². The molecule has 0 radical (unpaired) electrons. The molecule has 1 nitrogen and oxygen atoms in total. The maximum atomic E-state index is 3.63. The van der Waals surface area contributed by atoms with Gasteiger partial charge in [0.05, 0.1) is 0 Å².